The first kappa shape index (κ1) is 15.3. The highest BCUT2D eigenvalue weighted by Gasteiger charge is 2.46. The van der Waals surface area contributed by atoms with E-state index in [1.54, 1.807) is 30.3 Å². The number of fused-ring (bicyclic) bond motifs is 1. The Balaban J connectivity index is 1.54. The number of benzene rings is 2. The Morgan fingerprint density at radius 3 is 2.54 bits per heavy atom. The predicted molar refractivity (Wildman–Crippen MR) is 93.2 cm³/mol. The quantitative estimate of drug-likeness (QED) is 0.876. The van der Waals surface area contributed by atoms with Crippen LogP contribution in [0.4, 0.5) is 5.69 Å². The molecule has 0 unspecified atom stereocenters. The number of aryl methyl sites for hydroxylation is 1. The lowest BCUT2D eigenvalue weighted by molar-refractivity contribution is 0.102. The van der Waals surface area contributed by atoms with E-state index in [4.69, 9.17) is 21.1 Å². The molecule has 2 aromatic rings. The maximum Gasteiger partial charge on any atom is 0.255 e. The largest absolute Gasteiger partial charge is 0.489 e. The number of carbonyl (C=O) groups excluding carboxylic acids is 1. The molecule has 5 heteroatoms. The van der Waals surface area contributed by atoms with Gasteiger partial charge in [0.15, 0.2) is 11.5 Å². The number of amides is 1. The summed E-state index contributed by atoms with van der Waals surface area (Å²) >= 11 is 5.95. The second-order valence-electron chi connectivity index (χ2n) is 6.65. The number of ether oxygens (including phenoxy) is 2. The highest BCUT2D eigenvalue weighted by Crippen LogP contribution is 2.49. The molecule has 2 aliphatic rings. The van der Waals surface area contributed by atoms with Crippen LogP contribution in [0.25, 0.3) is 0 Å². The fourth-order valence-corrected chi connectivity index (χ4v) is 3.04. The predicted octanol–water partition coefficient (Wildman–Crippen LogP) is 4.45. The molecule has 1 saturated carbocycles. The number of rotatable bonds is 2. The lowest BCUT2D eigenvalue weighted by atomic mass is 10.1. The molecule has 0 radical (unpaired) electrons. The summed E-state index contributed by atoms with van der Waals surface area (Å²) in [6.45, 7) is 3.25. The number of nitrogens with one attached hydrogen (secondary N) is 1. The molecule has 124 valence electrons. The zero-order valence-electron chi connectivity index (χ0n) is 13.4. The van der Waals surface area contributed by atoms with Crippen LogP contribution in [0.15, 0.2) is 36.4 Å². The number of anilines is 1. The van der Waals surface area contributed by atoms with E-state index in [-0.39, 0.29) is 11.3 Å². The minimum absolute atomic E-state index is 0.182. The standard InChI is InChI=1S/C19H18ClNO3/c1-12-8-14(20)3-4-15(12)21-18(22)13-2-5-16-17(9-13)24-11-19(6-7-19)10-23-16/h2-5,8-9H,6-7,10-11H2,1H3,(H,21,22). The summed E-state index contributed by atoms with van der Waals surface area (Å²) in [6, 6.07) is 10.7. The first-order chi connectivity index (χ1) is 11.5. The van der Waals surface area contributed by atoms with Crippen molar-refractivity contribution in [2.24, 2.45) is 5.41 Å². The molecule has 1 fully saturated rings. The van der Waals surface area contributed by atoms with Crippen LogP contribution in [-0.4, -0.2) is 19.1 Å². The third kappa shape index (κ3) is 2.94. The van der Waals surface area contributed by atoms with Crippen molar-refractivity contribution in [2.45, 2.75) is 19.8 Å². The van der Waals surface area contributed by atoms with Gasteiger partial charge in [0.05, 0.1) is 13.2 Å². The number of hydrogen-bond donors (Lipinski definition) is 1. The molecule has 1 aliphatic carbocycles. The van der Waals surface area contributed by atoms with Crippen LogP contribution in [0.3, 0.4) is 0 Å². The fourth-order valence-electron chi connectivity index (χ4n) is 2.81. The third-order valence-corrected chi connectivity index (χ3v) is 4.90. The van der Waals surface area contributed by atoms with Crippen molar-refractivity contribution < 1.29 is 14.3 Å². The van der Waals surface area contributed by atoms with Crippen LogP contribution >= 0.6 is 11.6 Å². The summed E-state index contributed by atoms with van der Waals surface area (Å²) in [5.74, 6) is 1.16. The Labute approximate surface area is 145 Å². The Morgan fingerprint density at radius 1 is 1.08 bits per heavy atom. The SMILES string of the molecule is Cc1cc(Cl)ccc1NC(=O)c1ccc2c(c1)OCC1(CC1)CO2. The smallest absolute Gasteiger partial charge is 0.255 e. The van der Waals surface area contributed by atoms with E-state index in [2.05, 4.69) is 5.32 Å². The second-order valence-corrected chi connectivity index (χ2v) is 7.09. The van der Waals surface area contributed by atoms with E-state index in [0.29, 0.717) is 35.3 Å². The van der Waals surface area contributed by atoms with E-state index in [1.807, 2.05) is 13.0 Å². The molecule has 1 N–H and O–H groups in total. The molecule has 4 nitrogen and oxygen atoms in total. The molecule has 0 aromatic heterocycles. The summed E-state index contributed by atoms with van der Waals surface area (Å²) in [6.07, 6.45) is 2.29. The molecule has 2 aromatic carbocycles. The molecular formula is C19H18ClNO3. The maximum atomic E-state index is 12.5. The first-order valence-corrected chi connectivity index (χ1v) is 8.40. The van der Waals surface area contributed by atoms with Crippen LogP contribution in [0, 0.1) is 12.3 Å². The van der Waals surface area contributed by atoms with Gasteiger partial charge in [0.1, 0.15) is 0 Å². The van der Waals surface area contributed by atoms with Crippen LogP contribution in [0.2, 0.25) is 5.02 Å². The van der Waals surface area contributed by atoms with Crippen molar-refractivity contribution in [3.05, 3.63) is 52.5 Å². The molecule has 1 aliphatic heterocycles. The van der Waals surface area contributed by atoms with Crippen molar-refractivity contribution in [1.82, 2.24) is 0 Å². The summed E-state index contributed by atoms with van der Waals surface area (Å²) in [5.41, 5.74) is 2.38. The molecule has 0 saturated heterocycles. The average molecular weight is 344 g/mol. The molecular weight excluding hydrogens is 326 g/mol. The van der Waals surface area contributed by atoms with E-state index < -0.39 is 0 Å². The van der Waals surface area contributed by atoms with E-state index in [9.17, 15) is 4.79 Å². The molecule has 1 spiro atoms. The van der Waals surface area contributed by atoms with Crippen molar-refractivity contribution in [2.75, 3.05) is 18.5 Å². The zero-order chi connectivity index (χ0) is 16.7. The Kier molecular flexibility index (Phi) is 3.65. The topological polar surface area (TPSA) is 47.6 Å². The minimum atomic E-state index is -0.183. The van der Waals surface area contributed by atoms with Gasteiger partial charge in [-0.1, -0.05) is 11.6 Å². The molecule has 0 atom stereocenters. The number of hydrogen-bond acceptors (Lipinski definition) is 3. The summed E-state index contributed by atoms with van der Waals surface area (Å²) in [4.78, 5) is 12.5. The third-order valence-electron chi connectivity index (χ3n) is 4.67. The Hall–Kier alpha value is -2.20. The highest BCUT2D eigenvalue weighted by molar-refractivity contribution is 6.30. The Bertz CT molecular complexity index is 814. The van der Waals surface area contributed by atoms with Gasteiger partial charge in [-0.25, -0.2) is 0 Å². The van der Waals surface area contributed by atoms with Gasteiger partial charge < -0.3 is 14.8 Å². The van der Waals surface area contributed by atoms with Gasteiger partial charge in [-0.05, 0) is 61.7 Å². The lowest BCUT2D eigenvalue weighted by Crippen LogP contribution is -2.17. The van der Waals surface area contributed by atoms with Crippen molar-refractivity contribution in [1.29, 1.82) is 0 Å². The first-order valence-electron chi connectivity index (χ1n) is 8.02. The van der Waals surface area contributed by atoms with Crippen LogP contribution in [-0.2, 0) is 0 Å². The van der Waals surface area contributed by atoms with Gasteiger partial charge in [0.25, 0.3) is 5.91 Å². The van der Waals surface area contributed by atoms with E-state index in [1.165, 1.54) is 0 Å². The Morgan fingerprint density at radius 2 is 1.83 bits per heavy atom. The second kappa shape index (κ2) is 5.71. The van der Waals surface area contributed by atoms with E-state index in [0.717, 1.165) is 24.1 Å². The summed E-state index contributed by atoms with van der Waals surface area (Å²) in [7, 11) is 0. The zero-order valence-corrected chi connectivity index (χ0v) is 14.2. The molecule has 0 bridgehead atoms. The van der Waals surface area contributed by atoms with Crippen molar-refractivity contribution in [3.63, 3.8) is 0 Å². The van der Waals surface area contributed by atoms with Gasteiger partial charge in [0, 0.05) is 21.7 Å². The highest BCUT2D eigenvalue weighted by atomic mass is 35.5. The minimum Gasteiger partial charge on any atom is -0.489 e. The maximum absolute atomic E-state index is 12.5. The van der Waals surface area contributed by atoms with E-state index >= 15 is 0 Å². The summed E-state index contributed by atoms with van der Waals surface area (Å²) < 4.78 is 11.7. The van der Waals surface area contributed by atoms with Gasteiger partial charge in [-0.3, -0.25) is 4.79 Å². The molecule has 24 heavy (non-hydrogen) atoms. The van der Waals surface area contributed by atoms with Gasteiger partial charge in [-0.15, -0.1) is 0 Å². The van der Waals surface area contributed by atoms with Crippen molar-refractivity contribution >= 4 is 23.2 Å². The van der Waals surface area contributed by atoms with Crippen molar-refractivity contribution in [3.8, 4) is 11.5 Å². The molecule has 1 heterocycles. The van der Waals surface area contributed by atoms with Crippen LogP contribution in [0.5, 0.6) is 11.5 Å². The van der Waals surface area contributed by atoms with Crippen LogP contribution < -0.4 is 14.8 Å². The number of carbonyl (C=O) groups is 1. The van der Waals surface area contributed by atoms with Crippen LogP contribution in [0.1, 0.15) is 28.8 Å². The average Bonchev–Trinajstić information content (AvgIpc) is 3.36. The lowest BCUT2D eigenvalue weighted by Gasteiger charge is -2.11. The van der Waals surface area contributed by atoms with Gasteiger partial charge >= 0.3 is 0 Å². The van der Waals surface area contributed by atoms with Gasteiger partial charge in [0.2, 0.25) is 0 Å². The monoisotopic (exact) mass is 343 g/mol. The fraction of sp³-hybridized carbons (Fsp3) is 0.316. The van der Waals surface area contributed by atoms with Gasteiger partial charge in [-0.2, -0.15) is 0 Å². The molecule has 1 amide bonds. The number of halogens is 1. The molecule has 4 rings (SSSR count). The normalized spacial score (nSPS) is 17.2. The summed E-state index contributed by atoms with van der Waals surface area (Å²) in [5, 5.41) is 3.56.